The fraction of sp³-hybridized carbons (Fsp3) is 0.467. The third-order valence-corrected chi connectivity index (χ3v) is 4.73. The van der Waals surface area contributed by atoms with E-state index in [4.69, 9.17) is 5.11 Å². The molecular weight excluding hydrogens is 274 g/mol. The Morgan fingerprint density at radius 2 is 2.00 bits per heavy atom. The summed E-state index contributed by atoms with van der Waals surface area (Å²) in [4.78, 5) is 24.2. The maximum atomic E-state index is 12.2. The van der Waals surface area contributed by atoms with Gasteiger partial charge < -0.3 is 10.4 Å². The van der Waals surface area contributed by atoms with Gasteiger partial charge in [0.1, 0.15) is 0 Å². The Morgan fingerprint density at radius 3 is 2.50 bits per heavy atom. The van der Waals surface area contributed by atoms with E-state index in [-0.39, 0.29) is 11.4 Å². The van der Waals surface area contributed by atoms with Gasteiger partial charge >= 0.3 is 5.97 Å². The van der Waals surface area contributed by atoms with Crippen LogP contribution in [0.15, 0.2) is 12.1 Å². The number of hydrogen-bond acceptors (Lipinski definition) is 3. The molecule has 2 N–H and O–H groups in total. The lowest BCUT2D eigenvalue weighted by Crippen LogP contribution is -2.44. The highest BCUT2D eigenvalue weighted by Gasteiger charge is 2.23. The molecule has 0 aromatic carbocycles. The van der Waals surface area contributed by atoms with Gasteiger partial charge in [-0.15, -0.1) is 11.3 Å². The molecule has 0 atom stereocenters. The van der Waals surface area contributed by atoms with Crippen molar-refractivity contribution in [3.05, 3.63) is 27.5 Å². The predicted octanol–water partition coefficient (Wildman–Crippen LogP) is 3.46. The number of rotatable bonds is 6. The third-order valence-electron chi connectivity index (χ3n) is 3.53. The highest BCUT2D eigenvalue weighted by atomic mass is 32.1. The van der Waals surface area contributed by atoms with Crippen LogP contribution in [0, 0.1) is 6.92 Å². The van der Waals surface area contributed by atoms with Crippen LogP contribution in [0.4, 0.5) is 0 Å². The number of amides is 1. The van der Waals surface area contributed by atoms with Crippen molar-refractivity contribution >= 4 is 29.3 Å². The average Bonchev–Trinajstić information content (AvgIpc) is 2.77. The minimum Gasteiger partial charge on any atom is -0.478 e. The Kier molecular flexibility index (Phi) is 5.51. The van der Waals surface area contributed by atoms with Crippen molar-refractivity contribution in [1.82, 2.24) is 5.32 Å². The maximum absolute atomic E-state index is 12.2. The number of nitrogens with one attached hydrogen (secondary N) is 1. The fourth-order valence-corrected chi connectivity index (χ4v) is 2.66. The summed E-state index contributed by atoms with van der Waals surface area (Å²) in [6, 6.07) is 1.80. The summed E-state index contributed by atoms with van der Waals surface area (Å²) in [5, 5.41) is 11.7. The molecule has 0 aliphatic carbocycles. The summed E-state index contributed by atoms with van der Waals surface area (Å²) in [6.45, 7) is 7.99. The van der Waals surface area contributed by atoms with Crippen molar-refractivity contribution in [2.24, 2.45) is 0 Å². The molecule has 110 valence electrons. The van der Waals surface area contributed by atoms with Crippen molar-refractivity contribution < 1.29 is 14.7 Å². The molecule has 20 heavy (non-hydrogen) atoms. The first kappa shape index (κ1) is 16.4. The monoisotopic (exact) mass is 295 g/mol. The van der Waals surface area contributed by atoms with Gasteiger partial charge in [0, 0.05) is 16.5 Å². The number of hydrogen-bond donors (Lipinski definition) is 2. The number of thiophene rings is 1. The van der Waals surface area contributed by atoms with Crippen LogP contribution in [0.5, 0.6) is 0 Å². The lowest BCUT2D eigenvalue weighted by atomic mass is 9.95. The van der Waals surface area contributed by atoms with E-state index in [1.807, 2.05) is 27.7 Å². The molecule has 0 aliphatic heterocycles. The van der Waals surface area contributed by atoms with Crippen molar-refractivity contribution in [2.45, 2.75) is 46.1 Å². The van der Waals surface area contributed by atoms with Gasteiger partial charge in [-0.2, -0.15) is 0 Å². The molecule has 1 aromatic heterocycles. The van der Waals surface area contributed by atoms with E-state index in [1.54, 1.807) is 6.07 Å². The summed E-state index contributed by atoms with van der Waals surface area (Å²) in [5.74, 6) is -1.09. The van der Waals surface area contributed by atoms with Crippen LogP contribution < -0.4 is 5.32 Å². The van der Waals surface area contributed by atoms with Crippen molar-refractivity contribution in [3.8, 4) is 0 Å². The van der Waals surface area contributed by atoms with E-state index in [0.29, 0.717) is 4.88 Å². The molecule has 4 nitrogen and oxygen atoms in total. The Labute approximate surface area is 123 Å². The topological polar surface area (TPSA) is 66.4 Å². The molecule has 0 saturated heterocycles. The second-order valence-corrected chi connectivity index (χ2v) is 6.14. The highest BCUT2D eigenvalue weighted by Crippen LogP contribution is 2.24. The predicted molar refractivity (Wildman–Crippen MR) is 82.2 cm³/mol. The molecule has 0 spiro atoms. The quantitative estimate of drug-likeness (QED) is 0.790. The molecule has 0 aliphatic rings. The largest absolute Gasteiger partial charge is 0.478 e. The van der Waals surface area contributed by atoms with E-state index in [2.05, 4.69) is 5.32 Å². The lowest BCUT2D eigenvalue weighted by Gasteiger charge is -2.27. The van der Waals surface area contributed by atoms with Crippen LogP contribution in [-0.4, -0.2) is 22.5 Å². The van der Waals surface area contributed by atoms with Gasteiger partial charge in [0.25, 0.3) is 5.91 Å². The summed E-state index contributed by atoms with van der Waals surface area (Å²) in [6.07, 6.45) is 4.34. The van der Waals surface area contributed by atoms with E-state index in [0.717, 1.165) is 29.4 Å². The van der Waals surface area contributed by atoms with Gasteiger partial charge in [-0.3, -0.25) is 4.79 Å². The number of carboxylic acids is 1. The molecule has 0 fully saturated rings. The highest BCUT2D eigenvalue weighted by molar-refractivity contribution is 7.15. The SMILES string of the molecule is CCC(C)(CC)NC(=O)c1cc(C)c(/C=C/C(=O)O)s1. The number of carbonyl (C=O) groups excluding carboxylic acids is 1. The van der Waals surface area contributed by atoms with Gasteiger partial charge in [-0.05, 0) is 44.4 Å². The zero-order valence-electron chi connectivity index (χ0n) is 12.3. The molecule has 1 amide bonds. The number of carboxylic acid groups (broad SMARTS) is 1. The van der Waals surface area contributed by atoms with Crippen molar-refractivity contribution in [2.75, 3.05) is 0 Å². The Hall–Kier alpha value is -1.62. The van der Waals surface area contributed by atoms with Crippen LogP contribution in [0.2, 0.25) is 0 Å². The van der Waals surface area contributed by atoms with Gasteiger partial charge in [0.05, 0.1) is 4.88 Å². The zero-order chi connectivity index (χ0) is 15.3. The minimum absolute atomic E-state index is 0.0979. The van der Waals surface area contributed by atoms with E-state index in [9.17, 15) is 9.59 Å². The third kappa shape index (κ3) is 4.20. The number of aryl methyl sites for hydroxylation is 1. The van der Waals surface area contributed by atoms with Crippen LogP contribution in [0.3, 0.4) is 0 Å². The molecule has 0 saturated carbocycles. The van der Waals surface area contributed by atoms with E-state index >= 15 is 0 Å². The van der Waals surface area contributed by atoms with E-state index < -0.39 is 5.97 Å². The molecule has 0 radical (unpaired) electrons. The van der Waals surface area contributed by atoms with Crippen molar-refractivity contribution in [3.63, 3.8) is 0 Å². The molecular formula is C15H21NO3S. The summed E-state index contributed by atoms with van der Waals surface area (Å²) >= 11 is 1.31. The number of aliphatic carboxylic acids is 1. The maximum Gasteiger partial charge on any atom is 0.328 e. The van der Waals surface area contributed by atoms with Gasteiger partial charge in [-0.25, -0.2) is 4.79 Å². The summed E-state index contributed by atoms with van der Waals surface area (Å²) in [7, 11) is 0. The fourth-order valence-electron chi connectivity index (χ4n) is 1.68. The number of carbonyl (C=O) groups is 2. The second-order valence-electron chi connectivity index (χ2n) is 5.05. The van der Waals surface area contributed by atoms with Crippen LogP contribution in [0.1, 0.15) is 53.7 Å². The van der Waals surface area contributed by atoms with Crippen LogP contribution in [-0.2, 0) is 4.79 Å². The van der Waals surface area contributed by atoms with Crippen molar-refractivity contribution in [1.29, 1.82) is 0 Å². The standard InChI is InChI=1S/C15H21NO3S/c1-5-15(4,6-2)16-14(19)12-9-10(3)11(20-12)7-8-13(17)18/h7-9H,5-6H2,1-4H3,(H,16,19)(H,17,18)/b8-7+. The Bertz CT molecular complexity index is 527. The zero-order valence-corrected chi connectivity index (χ0v) is 13.1. The Balaban J connectivity index is 2.90. The van der Waals surface area contributed by atoms with Gasteiger partial charge in [0.2, 0.25) is 0 Å². The van der Waals surface area contributed by atoms with Crippen LogP contribution in [0.25, 0.3) is 6.08 Å². The van der Waals surface area contributed by atoms with Crippen LogP contribution >= 0.6 is 11.3 Å². The molecule has 0 bridgehead atoms. The van der Waals surface area contributed by atoms with Gasteiger partial charge in [0.15, 0.2) is 0 Å². The van der Waals surface area contributed by atoms with E-state index in [1.165, 1.54) is 17.4 Å². The first-order chi connectivity index (χ1) is 9.31. The molecule has 1 rings (SSSR count). The van der Waals surface area contributed by atoms with Gasteiger partial charge in [-0.1, -0.05) is 13.8 Å². The summed E-state index contributed by atoms with van der Waals surface area (Å²) < 4.78 is 0. The summed E-state index contributed by atoms with van der Waals surface area (Å²) in [5.41, 5.74) is 0.707. The first-order valence-electron chi connectivity index (χ1n) is 6.65. The molecule has 1 heterocycles. The average molecular weight is 295 g/mol. The molecule has 1 aromatic rings. The smallest absolute Gasteiger partial charge is 0.328 e. The molecule has 0 unspecified atom stereocenters. The second kappa shape index (κ2) is 6.70. The minimum atomic E-state index is -0.992. The lowest BCUT2D eigenvalue weighted by molar-refractivity contribution is -0.131. The first-order valence-corrected chi connectivity index (χ1v) is 7.47. The Morgan fingerprint density at radius 1 is 1.40 bits per heavy atom. The normalized spacial score (nSPS) is 11.8. The molecule has 5 heteroatoms.